The Morgan fingerprint density at radius 3 is 2.33 bits per heavy atom. The molecule has 39 heavy (non-hydrogen) atoms. The second kappa shape index (κ2) is 12.1. The second-order valence-electron chi connectivity index (χ2n) is 8.83. The lowest BCUT2D eigenvalue weighted by atomic mass is 10.1. The molecule has 1 fully saturated rings. The van der Waals surface area contributed by atoms with Gasteiger partial charge in [-0.25, -0.2) is 8.42 Å². The summed E-state index contributed by atoms with van der Waals surface area (Å²) in [5, 5.41) is 2.84. The average molecular weight is 554 g/mol. The monoisotopic (exact) mass is 553 g/mol. The van der Waals surface area contributed by atoms with Crippen LogP contribution in [-0.4, -0.2) is 54.7 Å². The number of hydrogen-bond donors (Lipinski definition) is 2. The van der Waals surface area contributed by atoms with Gasteiger partial charge in [0.1, 0.15) is 5.75 Å². The number of methoxy groups -OCH3 is 3. The maximum Gasteiger partial charge on any atom is 0.261 e. The van der Waals surface area contributed by atoms with Crippen molar-refractivity contribution in [1.29, 1.82) is 0 Å². The summed E-state index contributed by atoms with van der Waals surface area (Å²) in [4.78, 5) is 26.8. The fraction of sp³-hybridized carbons (Fsp3) is 0.286. The van der Waals surface area contributed by atoms with E-state index in [9.17, 15) is 18.0 Å². The van der Waals surface area contributed by atoms with Crippen LogP contribution >= 0.6 is 0 Å². The van der Waals surface area contributed by atoms with Gasteiger partial charge in [0.05, 0.1) is 43.2 Å². The van der Waals surface area contributed by atoms with Crippen LogP contribution in [0.15, 0.2) is 65.6 Å². The smallest absolute Gasteiger partial charge is 0.261 e. The third-order valence-corrected chi connectivity index (χ3v) is 7.75. The number of carbonyl (C=O) groups excluding carboxylic acids is 2. The van der Waals surface area contributed by atoms with Gasteiger partial charge >= 0.3 is 0 Å². The maximum absolute atomic E-state index is 13.3. The highest BCUT2D eigenvalue weighted by Gasteiger charge is 2.27. The van der Waals surface area contributed by atoms with Gasteiger partial charge < -0.3 is 24.4 Å². The number of anilines is 2. The number of benzene rings is 3. The Balaban J connectivity index is 1.49. The van der Waals surface area contributed by atoms with E-state index in [1.165, 1.54) is 36.3 Å². The Bertz CT molecular complexity index is 1470. The van der Waals surface area contributed by atoms with Gasteiger partial charge in [0, 0.05) is 19.5 Å². The molecule has 3 aromatic carbocycles. The minimum absolute atomic E-state index is 0.0540. The second-order valence-corrected chi connectivity index (χ2v) is 10.5. The van der Waals surface area contributed by atoms with Crippen molar-refractivity contribution in [2.75, 3.05) is 44.0 Å². The first kappa shape index (κ1) is 27.8. The number of para-hydroxylation sites is 1. The third-order valence-electron chi connectivity index (χ3n) is 6.39. The van der Waals surface area contributed by atoms with E-state index in [0.29, 0.717) is 55.3 Å². The number of carbonyl (C=O) groups is 2. The summed E-state index contributed by atoms with van der Waals surface area (Å²) < 4.78 is 45.1. The molecule has 1 aliphatic heterocycles. The SMILES string of the molecule is COc1ccc(CCNC(=O)c2ccccc2NS(=O)(=O)c2ccc(OC)c(N3CCCC3=O)c2)cc1OC. The maximum atomic E-state index is 13.3. The molecule has 0 aliphatic carbocycles. The van der Waals surface area contributed by atoms with Crippen molar-refractivity contribution in [3.63, 3.8) is 0 Å². The van der Waals surface area contributed by atoms with E-state index in [2.05, 4.69) is 10.0 Å². The fourth-order valence-corrected chi connectivity index (χ4v) is 5.48. The number of hydrogen-bond acceptors (Lipinski definition) is 7. The number of rotatable bonds is 11. The van der Waals surface area contributed by atoms with Gasteiger partial charge in [-0.15, -0.1) is 0 Å². The zero-order valence-corrected chi connectivity index (χ0v) is 22.8. The van der Waals surface area contributed by atoms with E-state index < -0.39 is 15.9 Å². The zero-order valence-electron chi connectivity index (χ0n) is 22.0. The number of amides is 2. The van der Waals surface area contributed by atoms with E-state index >= 15 is 0 Å². The van der Waals surface area contributed by atoms with Crippen LogP contribution in [0.1, 0.15) is 28.8 Å². The van der Waals surface area contributed by atoms with E-state index in [1.807, 2.05) is 12.1 Å². The van der Waals surface area contributed by atoms with Crippen LogP contribution in [0.3, 0.4) is 0 Å². The summed E-state index contributed by atoms with van der Waals surface area (Å²) in [5.41, 5.74) is 1.64. The first-order chi connectivity index (χ1) is 18.8. The lowest BCUT2D eigenvalue weighted by molar-refractivity contribution is -0.117. The van der Waals surface area contributed by atoms with Crippen molar-refractivity contribution in [2.45, 2.75) is 24.2 Å². The normalized spacial score (nSPS) is 13.2. The average Bonchev–Trinajstić information content (AvgIpc) is 3.38. The van der Waals surface area contributed by atoms with Crippen molar-refractivity contribution in [1.82, 2.24) is 5.32 Å². The lowest BCUT2D eigenvalue weighted by Gasteiger charge is -2.20. The van der Waals surface area contributed by atoms with Gasteiger partial charge in [-0.3, -0.25) is 14.3 Å². The molecule has 206 valence electrons. The Morgan fingerprint density at radius 2 is 1.64 bits per heavy atom. The standard InChI is InChI=1S/C28H31N3O7S/c1-36-24-13-11-20(18-23(24)31-16-6-9-27(31)32)39(34,35)30-22-8-5-4-7-21(22)28(33)29-15-14-19-10-12-25(37-2)26(17-19)38-3/h4-5,7-8,10-13,17-18,30H,6,9,14-16H2,1-3H3,(H,29,33). The summed E-state index contributed by atoms with van der Waals surface area (Å²) in [6.07, 6.45) is 1.61. The summed E-state index contributed by atoms with van der Waals surface area (Å²) in [6.45, 7) is 0.805. The molecule has 0 aromatic heterocycles. The third kappa shape index (κ3) is 6.26. The molecule has 3 aromatic rings. The van der Waals surface area contributed by atoms with E-state index in [0.717, 1.165) is 5.56 Å². The Labute approximate surface area is 227 Å². The van der Waals surface area contributed by atoms with E-state index in [-0.39, 0.29) is 22.1 Å². The van der Waals surface area contributed by atoms with Crippen LogP contribution < -0.4 is 29.1 Å². The minimum atomic E-state index is -4.09. The number of ether oxygens (including phenoxy) is 3. The molecule has 1 saturated heterocycles. The summed E-state index contributed by atoms with van der Waals surface area (Å²) in [6, 6.07) is 16.2. The highest BCUT2D eigenvalue weighted by atomic mass is 32.2. The molecule has 10 nitrogen and oxygen atoms in total. The van der Waals surface area contributed by atoms with Gasteiger partial charge in [0.15, 0.2) is 11.5 Å². The van der Waals surface area contributed by atoms with Crippen LogP contribution in [-0.2, 0) is 21.2 Å². The van der Waals surface area contributed by atoms with Crippen molar-refractivity contribution in [2.24, 2.45) is 0 Å². The molecule has 4 rings (SSSR count). The molecule has 0 radical (unpaired) electrons. The number of nitrogens with one attached hydrogen (secondary N) is 2. The number of sulfonamides is 1. The molecule has 0 atom stereocenters. The molecule has 0 unspecified atom stereocenters. The zero-order chi connectivity index (χ0) is 28.0. The Morgan fingerprint density at radius 1 is 0.923 bits per heavy atom. The molecule has 0 spiro atoms. The molecule has 2 N–H and O–H groups in total. The van der Waals surface area contributed by atoms with Crippen molar-refractivity contribution in [3.05, 3.63) is 71.8 Å². The van der Waals surface area contributed by atoms with Gasteiger partial charge in [-0.05, 0) is 60.9 Å². The van der Waals surface area contributed by atoms with Crippen molar-refractivity contribution < 1.29 is 32.2 Å². The molecule has 0 bridgehead atoms. The van der Waals surface area contributed by atoms with Gasteiger partial charge in [-0.1, -0.05) is 18.2 Å². The van der Waals surface area contributed by atoms with Crippen molar-refractivity contribution in [3.8, 4) is 17.2 Å². The Hall–Kier alpha value is -4.25. The van der Waals surface area contributed by atoms with Crippen molar-refractivity contribution >= 4 is 33.2 Å². The molecule has 0 saturated carbocycles. The fourth-order valence-electron chi connectivity index (χ4n) is 4.38. The first-order valence-electron chi connectivity index (χ1n) is 12.4. The van der Waals surface area contributed by atoms with Gasteiger partial charge in [0.2, 0.25) is 5.91 Å². The molecule has 1 heterocycles. The van der Waals surface area contributed by atoms with Crippen LogP contribution in [0.2, 0.25) is 0 Å². The minimum Gasteiger partial charge on any atom is -0.495 e. The van der Waals surface area contributed by atoms with Crippen LogP contribution in [0.25, 0.3) is 0 Å². The van der Waals surface area contributed by atoms with Gasteiger partial charge in [-0.2, -0.15) is 0 Å². The Kier molecular flexibility index (Phi) is 8.60. The molecular weight excluding hydrogens is 522 g/mol. The molecule has 11 heteroatoms. The summed E-state index contributed by atoms with van der Waals surface area (Å²) >= 11 is 0. The topological polar surface area (TPSA) is 123 Å². The van der Waals surface area contributed by atoms with Crippen LogP contribution in [0, 0.1) is 0 Å². The predicted molar refractivity (Wildman–Crippen MR) is 147 cm³/mol. The van der Waals surface area contributed by atoms with Crippen LogP contribution in [0.5, 0.6) is 17.2 Å². The number of nitrogens with zero attached hydrogens (tertiary/aromatic N) is 1. The predicted octanol–water partition coefficient (Wildman–Crippen LogP) is 3.61. The molecule has 1 aliphatic rings. The van der Waals surface area contributed by atoms with E-state index in [1.54, 1.807) is 38.5 Å². The highest BCUT2D eigenvalue weighted by Crippen LogP contribution is 2.34. The summed E-state index contributed by atoms with van der Waals surface area (Å²) in [5.74, 6) is 1.09. The first-order valence-corrected chi connectivity index (χ1v) is 13.8. The molecule has 2 amide bonds. The summed E-state index contributed by atoms with van der Waals surface area (Å²) in [7, 11) is 0.490. The van der Waals surface area contributed by atoms with Crippen LogP contribution in [0.4, 0.5) is 11.4 Å². The largest absolute Gasteiger partial charge is 0.495 e. The van der Waals surface area contributed by atoms with Gasteiger partial charge in [0.25, 0.3) is 15.9 Å². The quantitative estimate of drug-likeness (QED) is 0.372. The highest BCUT2D eigenvalue weighted by molar-refractivity contribution is 7.92. The molecular formula is C28H31N3O7S. The van der Waals surface area contributed by atoms with E-state index in [4.69, 9.17) is 14.2 Å². The lowest BCUT2D eigenvalue weighted by Crippen LogP contribution is -2.27.